The van der Waals surface area contributed by atoms with Crippen molar-refractivity contribution in [3.8, 4) is 0 Å². The Kier molecular flexibility index (Phi) is 6.38. The molecule has 2 unspecified atom stereocenters. The van der Waals surface area contributed by atoms with Crippen LogP contribution >= 0.6 is 15.9 Å². The molecule has 0 aromatic rings. The first-order valence-corrected chi connectivity index (χ1v) is 4.97. The van der Waals surface area contributed by atoms with Gasteiger partial charge in [0.05, 0.1) is 6.10 Å². The van der Waals surface area contributed by atoms with E-state index in [-0.39, 0.29) is 17.4 Å². The van der Waals surface area contributed by atoms with Crippen LogP contribution in [0.3, 0.4) is 0 Å². The van der Waals surface area contributed by atoms with Crippen LogP contribution in [0.4, 0.5) is 0 Å². The fourth-order valence-corrected chi connectivity index (χ4v) is 1.34. The first kappa shape index (κ1) is 11.9. The van der Waals surface area contributed by atoms with Gasteiger partial charge < -0.3 is 9.84 Å². The molecule has 0 aliphatic heterocycles. The molecule has 1 N–H and O–H groups in total. The second kappa shape index (κ2) is 6.43. The summed E-state index contributed by atoms with van der Waals surface area (Å²) in [6.07, 6.45) is 0.738. The number of carboxylic acids is 1. The minimum Gasteiger partial charge on any atom is -0.481 e. The second-order valence-corrected chi connectivity index (χ2v) is 4.05. The molecule has 0 aliphatic rings. The summed E-state index contributed by atoms with van der Waals surface area (Å²) in [5.74, 6) is -0.771. The molecule has 0 rings (SSSR count). The summed E-state index contributed by atoms with van der Waals surface area (Å²) in [7, 11) is 0. The first-order chi connectivity index (χ1) is 5.57. The van der Waals surface area contributed by atoms with E-state index >= 15 is 0 Å². The van der Waals surface area contributed by atoms with Gasteiger partial charge in [0.2, 0.25) is 0 Å². The van der Waals surface area contributed by atoms with Crippen molar-refractivity contribution in [2.45, 2.75) is 37.6 Å². The number of alkyl halides is 1. The molecule has 4 heteroatoms. The standard InChI is InChI=1S/C8H15BrO3/c1-3-12-7(6(2)9)4-5-8(10)11/h6-7H,3-5H2,1-2H3,(H,10,11). The van der Waals surface area contributed by atoms with Crippen LogP contribution in [0.2, 0.25) is 0 Å². The lowest BCUT2D eigenvalue weighted by molar-refractivity contribution is -0.137. The van der Waals surface area contributed by atoms with Gasteiger partial charge in [-0.2, -0.15) is 0 Å². The Balaban J connectivity index is 3.70. The maximum Gasteiger partial charge on any atom is 0.303 e. The molecule has 0 saturated carbocycles. The van der Waals surface area contributed by atoms with Crippen molar-refractivity contribution >= 4 is 21.9 Å². The average molecular weight is 239 g/mol. The molecule has 0 aliphatic carbocycles. The molecule has 0 bridgehead atoms. The predicted molar refractivity (Wildman–Crippen MR) is 50.7 cm³/mol. The van der Waals surface area contributed by atoms with Gasteiger partial charge in [0.25, 0.3) is 0 Å². The molecule has 0 amide bonds. The van der Waals surface area contributed by atoms with Gasteiger partial charge in [-0.05, 0) is 13.3 Å². The number of carboxylic acid groups (broad SMARTS) is 1. The Morgan fingerprint density at radius 1 is 1.67 bits per heavy atom. The third kappa shape index (κ3) is 5.55. The number of carbonyl (C=O) groups is 1. The monoisotopic (exact) mass is 238 g/mol. The van der Waals surface area contributed by atoms with E-state index in [0.717, 1.165) is 0 Å². The van der Waals surface area contributed by atoms with Gasteiger partial charge in [0.1, 0.15) is 0 Å². The van der Waals surface area contributed by atoms with Crippen molar-refractivity contribution in [1.29, 1.82) is 0 Å². The number of hydrogen-bond acceptors (Lipinski definition) is 2. The first-order valence-electron chi connectivity index (χ1n) is 4.05. The summed E-state index contributed by atoms with van der Waals surface area (Å²) >= 11 is 3.37. The number of aliphatic carboxylic acids is 1. The van der Waals surface area contributed by atoms with E-state index in [4.69, 9.17) is 9.84 Å². The number of rotatable bonds is 6. The average Bonchev–Trinajstić information content (AvgIpc) is 1.96. The van der Waals surface area contributed by atoms with Crippen molar-refractivity contribution in [3.63, 3.8) is 0 Å². The summed E-state index contributed by atoms with van der Waals surface area (Å²) in [5, 5.41) is 8.44. The van der Waals surface area contributed by atoms with Crippen molar-refractivity contribution in [3.05, 3.63) is 0 Å². The maximum atomic E-state index is 10.3. The molecule has 0 saturated heterocycles. The van der Waals surface area contributed by atoms with Gasteiger partial charge in [-0.3, -0.25) is 4.79 Å². The van der Waals surface area contributed by atoms with Gasteiger partial charge >= 0.3 is 5.97 Å². The highest BCUT2D eigenvalue weighted by Crippen LogP contribution is 2.14. The van der Waals surface area contributed by atoms with Crippen molar-refractivity contribution < 1.29 is 14.6 Å². The minimum absolute atomic E-state index is 0.00565. The minimum atomic E-state index is -0.771. The lowest BCUT2D eigenvalue weighted by Gasteiger charge is -2.18. The summed E-state index contributed by atoms with van der Waals surface area (Å²) in [4.78, 5) is 10.5. The van der Waals surface area contributed by atoms with Crippen LogP contribution in [0.1, 0.15) is 26.7 Å². The van der Waals surface area contributed by atoms with E-state index in [2.05, 4.69) is 15.9 Å². The molecule has 0 aromatic carbocycles. The Hall–Kier alpha value is -0.0900. The zero-order valence-corrected chi connectivity index (χ0v) is 9.00. The van der Waals surface area contributed by atoms with Crippen molar-refractivity contribution in [1.82, 2.24) is 0 Å². The number of halogens is 1. The SMILES string of the molecule is CCOC(CCC(=O)O)C(C)Br. The van der Waals surface area contributed by atoms with E-state index < -0.39 is 5.97 Å². The van der Waals surface area contributed by atoms with E-state index in [1.807, 2.05) is 13.8 Å². The Morgan fingerprint density at radius 3 is 2.58 bits per heavy atom. The van der Waals surface area contributed by atoms with Crippen LogP contribution in [0.15, 0.2) is 0 Å². The molecule has 0 aromatic heterocycles. The van der Waals surface area contributed by atoms with Crippen molar-refractivity contribution in [2.75, 3.05) is 6.61 Å². The van der Waals surface area contributed by atoms with Gasteiger partial charge in [-0.1, -0.05) is 22.9 Å². The molecule has 0 radical (unpaired) electrons. The van der Waals surface area contributed by atoms with Gasteiger partial charge in [0, 0.05) is 17.9 Å². The van der Waals surface area contributed by atoms with E-state index in [1.54, 1.807) is 0 Å². The van der Waals surface area contributed by atoms with Crippen LogP contribution in [0.25, 0.3) is 0 Å². The molecule has 3 nitrogen and oxygen atoms in total. The third-order valence-corrected chi connectivity index (χ3v) is 2.13. The van der Waals surface area contributed by atoms with Crippen LogP contribution in [-0.4, -0.2) is 28.6 Å². The Morgan fingerprint density at radius 2 is 2.25 bits per heavy atom. The molecule has 12 heavy (non-hydrogen) atoms. The quantitative estimate of drug-likeness (QED) is 0.721. The summed E-state index contributed by atoms with van der Waals surface area (Å²) < 4.78 is 5.34. The topological polar surface area (TPSA) is 46.5 Å². The summed E-state index contributed by atoms with van der Waals surface area (Å²) in [6.45, 7) is 4.49. The third-order valence-electron chi connectivity index (χ3n) is 1.54. The lowest BCUT2D eigenvalue weighted by atomic mass is 10.1. The van der Waals surface area contributed by atoms with Crippen LogP contribution < -0.4 is 0 Å². The Bertz CT molecular complexity index is 136. The second-order valence-electron chi connectivity index (χ2n) is 2.60. The highest BCUT2D eigenvalue weighted by atomic mass is 79.9. The van der Waals surface area contributed by atoms with E-state index in [0.29, 0.717) is 13.0 Å². The smallest absolute Gasteiger partial charge is 0.303 e. The van der Waals surface area contributed by atoms with Gasteiger partial charge in [-0.25, -0.2) is 0 Å². The van der Waals surface area contributed by atoms with E-state index in [9.17, 15) is 4.79 Å². The maximum absolute atomic E-state index is 10.3. The molecule has 0 spiro atoms. The predicted octanol–water partition coefficient (Wildman–Crippen LogP) is 2.04. The van der Waals surface area contributed by atoms with Gasteiger partial charge in [0.15, 0.2) is 0 Å². The van der Waals surface area contributed by atoms with Gasteiger partial charge in [-0.15, -0.1) is 0 Å². The summed E-state index contributed by atoms with van der Waals surface area (Å²) in [6, 6.07) is 0. The van der Waals surface area contributed by atoms with Crippen LogP contribution in [0, 0.1) is 0 Å². The normalized spacial score (nSPS) is 15.6. The molecule has 72 valence electrons. The summed E-state index contributed by atoms with van der Waals surface area (Å²) in [5.41, 5.74) is 0. The van der Waals surface area contributed by atoms with Crippen LogP contribution in [0.5, 0.6) is 0 Å². The fraction of sp³-hybridized carbons (Fsp3) is 0.875. The highest BCUT2D eigenvalue weighted by Gasteiger charge is 2.15. The number of ether oxygens (including phenoxy) is 1. The highest BCUT2D eigenvalue weighted by molar-refractivity contribution is 9.09. The molecular weight excluding hydrogens is 224 g/mol. The van der Waals surface area contributed by atoms with Crippen molar-refractivity contribution in [2.24, 2.45) is 0 Å². The largest absolute Gasteiger partial charge is 0.481 e. The molecule has 0 fully saturated rings. The number of hydrogen-bond donors (Lipinski definition) is 1. The van der Waals surface area contributed by atoms with E-state index in [1.165, 1.54) is 0 Å². The Labute approximate surface area is 81.2 Å². The molecular formula is C8H15BrO3. The molecule has 2 atom stereocenters. The fourth-order valence-electron chi connectivity index (χ4n) is 0.925. The zero-order valence-electron chi connectivity index (χ0n) is 7.42. The molecule has 0 heterocycles. The van der Waals surface area contributed by atoms with Crippen LogP contribution in [-0.2, 0) is 9.53 Å². The lowest BCUT2D eigenvalue weighted by Crippen LogP contribution is -2.22. The zero-order chi connectivity index (χ0) is 9.56.